The molecule has 0 fully saturated rings. The lowest BCUT2D eigenvalue weighted by molar-refractivity contribution is -0.384. The molecule has 1 heterocycles. The van der Waals surface area contributed by atoms with E-state index in [-0.39, 0.29) is 10.6 Å². The van der Waals surface area contributed by atoms with Crippen LogP contribution >= 0.6 is 0 Å². The van der Waals surface area contributed by atoms with Gasteiger partial charge < -0.3 is 0 Å². The first kappa shape index (κ1) is 19.3. The second-order valence-electron chi connectivity index (χ2n) is 6.84. The first-order valence-electron chi connectivity index (χ1n) is 8.94. The summed E-state index contributed by atoms with van der Waals surface area (Å²) in [5, 5.41) is 10.7. The molecule has 144 valence electrons. The molecule has 0 amide bonds. The Labute approximate surface area is 159 Å². The van der Waals surface area contributed by atoms with Gasteiger partial charge in [0, 0.05) is 31.3 Å². The Kier molecular flexibility index (Phi) is 5.48. The zero-order valence-corrected chi connectivity index (χ0v) is 16.2. The Hall–Kier alpha value is -2.45. The van der Waals surface area contributed by atoms with Crippen molar-refractivity contribution in [2.45, 2.75) is 50.7 Å². The highest BCUT2D eigenvalue weighted by Gasteiger charge is 2.26. The second-order valence-corrected chi connectivity index (χ2v) is 8.52. The number of rotatable bonds is 7. The molecule has 27 heavy (non-hydrogen) atoms. The number of nitrogens with zero attached hydrogens (tertiary/aromatic N) is 2. The number of sulfonamides is 1. The van der Waals surface area contributed by atoms with Gasteiger partial charge in [0.25, 0.3) is 15.7 Å². The summed E-state index contributed by atoms with van der Waals surface area (Å²) in [6, 6.07) is 10.9. The van der Waals surface area contributed by atoms with Crippen molar-refractivity contribution in [3.63, 3.8) is 0 Å². The Morgan fingerprint density at radius 2 is 1.89 bits per heavy atom. The number of nitro benzene ring substituents is 1. The standard InChI is InChI=1S/C19H23N3O4S/c1-3-5-14(2)21-12-15-6-4-7-19(18(15)13-21)20-27(25,26)17-10-8-16(9-11-17)22(23)24/h4,6-11,14,20H,3,5,12-13H2,1-2H3. The van der Waals surface area contributed by atoms with Crippen LogP contribution in [-0.2, 0) is 23.1 Å². The van der Waals surface area contributed by atoms with Gasteiger partial charge in [0.15, 0.2) is 0 Å². The Morgan fingerprint density at radius 1 is 1.19 bits per heavy atom. The number of fused-ring (bicyclic) bond motifs is 1. The quantitative estimate of drug-likeness (QED) is 0.573. The molecule has 0 aromatic heterocycles. The highest BCUT2D eigenvalue weighted by Crippen LogP contribution is 2.32. The SMILES string of the molecule is CCCC(C)N1Cc2cccc(NS(=O)(=O)c3ccc([N+](=O)[O-])cc3)c2C1. The molecule has 2 aromatic rings. The van der Waals surface area contributed by atoms with Crippen LogP contribution in [0, 0.1) is 10.1 Å². The lowest BCUT2D eigenvalue weighted by Gasteiger charge is -2.23. The van der Waals surface area contributed by atoms with E-state index in [2.05, 4.69) is 23.5 Å². The fourth-order valence-corrected chi connectivity index (χ4v) is 4.50. The van der Waals surface area contributed by atoms with Crippen LogP contribution < -0.4 is 4.72 Å². The summed E-state index contributed by atoms with van der Waals surface area (Å²) in [7, 11) is -3.82. The average Bonchev–Trinajstić information content (AvgIpc) is 3.07. The van der Waals surface area contributed by atoms with Gasteiger partial charge in [-0.1, -0.05) is 25.5 Å². The van der Waals surface area contributed by atoms with E-state index in [0.717, 1.165) is 30.5 Å². The molecule has 3 rings (SSSR count). The molecule has 8 heteroatoms. The van der Waals surface area contributed by atoms with Crippen molar-refractivity contribution in [1.29, 1.82) is 0 Å². The molecule has 0 spiro atoms. The van der Waals surface area contributed by atoms with Crippen molar-refractivity contribution in [2.75, 3.05) is 4.72 Å². The van der Waals surface area contributed by atoms with Gasteiger partial charge in [0.1, 0.15) is 0 Å². The second kappa shape index (κ2) is 7.66. The predicted molar refractivity (Wildman–Crippen MR) is 104 cm³/mol. The molecule has 0 radical (unpaired) electrons. The van der Waals surface area contributed by atoms with Gasteiger partial charge in [-0.25, -0.2) is 8.42 Å². The smallest absolute Gasteiger partial charge is 0.269 e. The summed E-state index contributed by atoms with van der Waals surface area (Å²) in [5.41, 5.74) is 2.54. The van der Waals surface area contributed by atoms with E-state index < -0.39 is 14.9 Å². The Morgan fingerprint density at radius 3 is 2.52 bits per heavy atom. The number of benzene rings is 2. The van der Waals surface area contributed by atoms with E-state index in [1.54, 1.807) is 6.07 Å². The summed E-state index contributed by atoms with van der Waals surface area (Å²) >= 11 is 0. The van der Waals surface area contributed by atoms with Crippen LogP contribution in [0.5, 0.6) is 0 Å². The molecule has 0 saturated heterocycles. The van der Waals surface area contributed by atoms with Crippen LogP contribution in [0.25, 0.3) is 0 Å². The summed E-state index contributed by atoms with van der Waals surface area (Å²) in [6.45, 7) is 5.86. The number of hydrogen-bond donors (Lipinski definition) is 1. The molecule has 1 aliphatic rings. The Balaban J connectivity index is 1.83. The minimum Gasteiger partial charge on any atom is -0.292 e. The van der Waals surface area contributed by atoms with Crippen molar-refractivity contribution in [1.82, 2.24) is 4.90 Å². The number of nitrogens with one attached hydrogen (secondary N) is 1. The molecule has 0 saturated carbocycles. The third-order valence-electron chi connectivity index (χ3n) is 4.94. The number of anilines is 1. The normalized spacial score (nSPS) is 15.3. The summed E-state index contributed by atoms with van der Waals surface area (Å²) < 4.78 is 28.1. The molecule has 7 nitrogen and oxygen atoms in total. The van der Waals surface area contributed by atoms with Crippen LogP contribution in [0.1, 0.15) is 37.8 Å². The minimum absolute atomic E-state index is 0.0000860. The minimum atomic E-state index is -3.82. The van der Waals surface area contributed by atoms with Gasteiger partial charge in [-0.2, -0.15) is 0 Å². The lowest BCUT2D eigenvalue weighted by atomic mass is 10.1. The molecular formula is C19H23N3O4S. The molecule has 1 atom stereocenters. The molecule has 1 unspecified atom stereocenters. The zero-order chi connectivity index (χ0) is 19.6. The molecule has 1 N–H and O–H groups in total. The van der Waals surface area contributed by atoms with Crippen LogP contribution in [0.3, 0.4) is 0 Å². The third-order valence-corrected chi connectivity index (χ3v) is 6.32. The van der Waals surface area contributed by atoms with Gasteiger partial charge in [-0.05, 0) is 42.7 Å². The van der Waals surface area contributed by atoms with E-state index in [0.29, 0.717) is 18.3 Å². The fraction of sp³-hybridized carbons (Fsp3) is 0.368. The maximum absolute atomic E-state index is 12.7. The van der Waals surface area contributed by atoms with E-state index in [9.17, 15) is 18.5 Å². The molecular weight excluding hydrogens is 366 g/mol. The maximum atomic E-state index is 12.7. The number of hydrogen-bond acceptors (Lipinski definition) is 5. The highest BCUT2D eigenvalue weighted by molar-refractivity contribution is 7.92. The monoisotopic (exact) mass is 389 g/mol. The Bertz CT molecular complexity index is 942. The van der Waals surface area contributed by atoms with Crippen molar-refractivity contribution in [3.05, 3.63) is 63.7 Å². The summed E-state index contributed by atoms with van der Waals surface area (Å²) in [6.07, 6.45) is 2.20. The van der Waals surface area contributed by atoms with Gasteiger partial charge in [-0.3, -0.25) is 19.7 Å². The average molecular weight is 389 g/mol. The first-order chi connectivity index (χ1) is 12.8. The summed E-state index contributed by atoms with van der Waals surface area (Å²) in [4.78, 5) is 12.5. The van der Waals surface area contributed by atoms with Crippen molar-refractivity contribution < 1.29 is 13.3 Å². The van der Waals surface area contributed by atoms with E-state index in [1.807, 2.05) is 12.1 Å². The molecule has 2 aromatic carbocycles. The summed E-state index contributed by atoms with van der Waals surface area (Å²) in [5.74, 6) is 0. The number of nitro groups is 1. The fourth-order valence-electron chi connectivity index (χ4n) is 3.41. The molecule has 0 bridgehead atoms. The van der Waals surface area contributed by atoms with Crippen molar-refractivity contribution in [2.24, 2.45) is 0 Å². The van der Waals surface area contributed by atoms with Gasteiger partial charge in [0.05, 0.1) is 15.5 Å². The van der Waals surface area contributed by atoms with E-state index in [4.69, 9.17) is 0 Å². The number of non-ortho nitro benzene ring substituents is 1. The van der Waals surface area contributed by atoms with E-state index in [1.165, 1.54) is 24.3 Å². The first-order valence-corrected chi connectivity index (χ1v) is 10.4. The third kappa shape index (κ3) is 4.12. The van der Waals surface area contributed by atoms with Gasteiger partial charge in [-0.15, -0.1) is 0 Å². The lowest BCUT2D eigenvalue weighted by Crippen LogP contribution is -2.27. The van der Waals surface area contributed by atoms with Crippen molar-refractivity contribution >= 4 is 21.4 Å². The van der Waals surface area contributed by atoms with Crippen molar-refractivity contribution in [3.8, 4) is 0 Å². The highest BCUT2D eigenvalue weighted by atomic mass is 32.2. The zero-order valence-electron chi connectivity index (χ0n) is 15.4. The van der Waals surface area contributed by atoms with E-state index >= 15 is 0 Å². The van der Waals surface area contributed by atoms with Crippen LogP contribution in [0.15, 0.2) is 47.4 Å². The van der Waals surface area contributed by atoms with Crippen LogP contribution in [0.2, 0.25) is 0 Å². The van der Waals surface area contributed by atoms with Gasteiger partial charge in [0.2, 0.25) is 0 Å². The van der Waals surface area contributed by atoms with Crippen LogP contribution in [-0.4, -0.2) is 24.3 Å². The van der Waals surface area contributed by atoms with Crippen LogP contribution in [0.4, 0.5) is 11.4 Å². The maximum Gasteiger partial charge on any atom is 0.269 e. The molecule has 0 aliphatic carbocycles. The van der Waals surface area contributed by atoms with Gasteiger partial charge >= 0.3 is 0 Å². The topological polar surface area (TPSA) is 92.6 Å². The largest absolute Gasteiger partial charge is 0.292 e. The molecule has 1 aliphatic heterocycles. The predicted octanol–water partition coefficient (Wildman–Crippen LogP) is 3.90.